The Balaban J connectivity index is 1.61. The van der Waals surface area contributed by atoms with Gasteiger partial charge in [-0.2, -0.15) is 0 Å². The van der Waals surface area contributed by atoms with Crippen molar-refractivity contribution in [3.63, 3.8) is 0 Å². The monoisotopic (exact) mass is 487 g/mol. The molecule has 2 aromatic carbocycles. The molecule has 8 heteroatoms. The maximum atomic E-state index is 14.0. The number of carbonyl (C=O) groups excluding carboxylic acids is 1. The van der Waals surface area contributed by atoms with Crippen LogP contribution in [0.25, 0.3) is 17.0 Å². The van der Waals surface area contributed by atoms with Gasteiger partial charge < -0.3 is 5.32 Å². The minimum Gasteiger partial charge on any atom is -0.350 e. The third kappa shape index (κ3) is 4.16. The van der Waals surface area contributed by atoms with Crippen molar-refractivity contribution in [1.82, 2.24) is 24.5 Å². The van der Waals surface area contributed by atoms with E-state index in [1.165, 1.54) is 17.3 Å². The highest BCUT2D eigenvalue weighted by Crippen LogP contribution is 2.42. The van der Waals surface area contributed by atoms with E-state index in [2.05, 4.69) is 30.3 Å². The van der Waals surface area contributed by atoms with Crippen LogP contribution >= 0.6 is 11.8 Å². The summed E-state index contributed by atoms with van der Waals surface area (Å²) < 4.78 is 3.15. The lowest BCUT2D eigenvalue weighted by Gasteiger charge is -2.35. The van der Waals surface area contributed by atoms with Gasteiger partial charge in [0.25, 0.3) is 5.56 Å². The maximum Gasteiger partial charge on any atom is 0.265 e. The number of nitrogens with one attached hydrogen (secondary N) is 1. The van der Waals surface area contributed by atoms with Crippen LogP contribution in [0.4, 0.5) is 0 Å². The van der Waals surface area contributed by atoms with Crippen LogP contribution in [0.2, 0.25) is 0 Å². The van der Waals surface area contributed by atoms with Crippen LogP contribution in [0.1, 0.15) is 43.9 Å². The molecule has 0 saturated carbocycles. The van der Waals surface area contributed by atoms with Crippen molar-refractivity contribution >= 4 is 23.4 Å². The molecule has 1 aliphatic rings. The molecule has 5 rings (SSSR count). The van der Waals surface area contributed by atoms with Crippen molar-refractivity contribution in [1.29, 1.82) is 0 Å². The van der Waals surface area contributed by atoms with E-state index in [0.29, 0.717) is 23.2 Å². The van der Waals surface area contributed by atoms with Crippen molar-refractivity contribution in [2.24, 2.45) is 0 Å². The molecule has 4 aromatic rings. The van der Waals surface area contributed by atoms with Crippen LogP contribution in [0, 0.1) is 0 Å². The van der Waals surface area contributed by atoms with Gasteiger partial charge in [-0.25, -0.2) is 14.1 Å². The van der Waals surface area contributed by atoms with Gasteiger partial charge >= 0.3 is 0 Å². The topological polar surface area (TPSA) is 81.3 Å². The van der Waals surface area contributed by atoms with E-state index in [1.807, 2.05) is 55.5 Å². The second kappa shape index (κ2) is 9.34. The van der Waals surface area contributed by atoms with E-state index in [9.17, 15) is 9.59 Å². The number of thioether (sulfide) groups is 1. The summed E-state index contributed by atoms with van der Waals surface area (Å²) >= 11 is 1.48. The Morgan fingerprint density at radius 3 is 2.60 bits per heavy atom. The fraction of sp³-hybridized carbons (Fsp3) is 0.333. The first-order chi connectivity index (χ1) is 16.9. The first kappa shape index (κ1) is 23.4. The van der Waals surface area contributed by atoms with Gasteiger partial charge in [-0.05, 0) is 29.7 Å². The van der Waals surface area contributed by atoms with Gasteiger partial charge in [-0.1, -0.05) is 87.1 Å². The average Bonchev–Trinajstić information content (AvgIpc) is 3.20. The molecular formula is C27H29N5O2S. The number of rotatable bonds is 7. The fourth-order valence-electron chi connectivity index (χ4n) is 4.82. The summed E-state index contributed by atoms with van der Waals surface area (Å²) in [5.41, 5.74) is 4.23. The zero-order valence-electron chi connectivity index (χ0n) is 20.2. The van der Waals surface area contributed by atoms with Crippen LogP contribution in [0.3, 0.4) is 0 Å². The second-order valence-electron chi connectivity index (χ2n) is 9.16. The summed E-state index contributed by atoms with van der Waals surface area (Å²) in [6, 6.07) is 17.9. The molecule has 0 fully saturated rings. The Hall–Kier alpha value is -3.39. The van der Waals surface area contributed by atoms with E-state index in [-0.39, 0.29) is 23.4 Å². The predicted molar refractivity (Wildman–Crippen MR) is 139 cm³/mol. The van der Waals surface area contributed by atoms with E-state index in [0.717, 1.165) is 35.3 Å². The van der Waals surface area contributed by atoms with Gasteiger partial charge in [0.1, 0.15) is 6.54 Å². The average molecular weight is 488 g/mol. The molecule has 0 aliphatic heterocycles. The van der Waals surface area contributed by atoms with Gasteiger partial charge in [-0.15, -0.1) is 5.10 Å². The number of carbonyl (C=O) groups is 1. The highest BCUT2D eigenvalue weighted by molar-refractivity contribution is 7.99. The molecule has 1 unspecified atom stereocenters. The first-order valence-corrected chi connectivity index (χ1v) is 13.0. The lowest BCUT2D eigenvalue weighted by molar-refractivity contribution is -0.121. The minimum absolute atomic E-state index is 0.0154. The number of fused-ring (bicyclic) bond motifs is 4. The van der Waals surface area contributed by atoms with Crippen molar-refractivity contribution < 1.29 is 4.79 Å². The number of nitrogens with zero attached hydrogens (tertiary/aromatic N) is 4. The summed E-state index contributed by atoms with van der Waals surface area (Å²) in [5, 5.41) is 8.17. The van der Waals surface area contributed by atoms with Crippen LogP contribution in [0.5, 0.6) is 0 Å². The van der Waals surface area contributed by atoms with Gasteiger partial charge in [0.2, 0.25) is 11.7 Å². The van der Waals surface area contributed by atoms with Gasteiger partial charge in [0.15, 0.2) is 5.16 Å². The third-order valence-electron chi connectivity index (χ3n) is 6.83. The summed E-state index contributed by atoms with van der Waals surface area (Å²) in [6.45, 7) is 6.70. The molecule has 180 valence electrons. The number of amides is 1. The smallest absolute Gasteiger partial charge is 0.265 e. The fourth-order valence-corrected chi connectivity index (χ4v) is 5.53. The Kier molecular flexibility index (Phi) is 6.23. The Morgan fingerprint density at radius 2 is 1.86 bits per heavy atom. The van der Waals surface area contributed by atoms with Crippen molar-refractivity contribution in [2.75, 3.05) is 5.75 Å². The molecule has 1 amide bonds. The van der Waals surface area contributed by atoms with Crippen molar-refractivity contribution in [3.8, 4) is 11.3 Å². The van der Waals surface area contributed by atoms with E-state index >= 15 is 0 Å². The lowest BCUT2D eigenvalue weighted by Crippen LogP contribution is -2.38. The zero-order valence-corrected chi connectivity index (χ0v) is 21.1. The summed E-state index contributed by atoms with van der Waals surface area (Å²) in [5.74, 6) is 0.969. The number of hydrogen-bond acceptors (Lipinski definition) is 5. The molecular weight excluding hydrogens is 458 g/mol. The molecule has 2 heterocycles. The van der Waals surface area contributed by atoms with Crippen LogP contribution < -0.4 is 10.9 Å². The molecule has 1 aliphatic carbocycles. The van der Waals surface area contributed by atoms with E-state index in [1.54, 1.807) is 9.08 Å². The van der Waals surface area contributed by atoms with Gasteiger partial charge in [-0.3, -0.25) is 9.59 Å². The molecule has 0 bridgehead atoms. The minimum atomic E-state index is -0.321. The second-order valence-corrected chi connectivity index (χ2v) is 10.4. The quantitative estimate of drug-likeness (QED) is 0.395. The van der Waals surface area contributed by atoms with E-state index in [4.69, 9.17) is 4.98 Å². The molecule has 1 N–H and O–H groups in total. The first-order valence-electron chi connectivity index (χ1n) is 12.0. The molecule has 35 heavy (non-hydrogen) atoms. The molecule has 0 spiro atoms. The van der Waals surface area contributed by atoms with Crippen molar-refractivity contribution in [3.05, 3.63) is 81.6 Å². The highest BCUT2D eigenvalue weighted by atomic mass is 32.2. The van der Waals surface area contributed by atoms with Gasteiger partial charge in [0.05, 0.1) is 11.3 Å². The van der Waals surface area contributed by atoms with Crippen LogP contribution in [-0.4, -0.2) is 30.8 Å². The Bertz CT molecular complexity index is 1460. The molecule has 2 aromatic heterocycles. The normalized spacial score (nSPS) is 16.7. The summed E-state index contributed by atoms with van der Waals surface area (Å²) in [7, 11) is 0. The Labute approximate surface area is 208 Å². The summed E-state index contributed by atoms with van der Waals surface area (Å²) in [4.78, 5) is 31.8. The molecule has 7 nitrogen and oxygen atoms in total. The molecule has 1 atom stereocenters. The number of benzene rings is 2. The maximum absolute atomic E-state index is 14.0. The Morgan fingerprint density at radius 1 is 1.11 bits per heavy atom. The highest BCUT2D eigenvalue weighted by Gasteiger charge is 2.38. The van der Waals surface area contributed by atoms with Crippen LogP contribution in [0.15, 0.2) is 64.5 Å². The molecule has 0 saturated heterocycles. The van der Waals surface area contributed by atoms with Gasteiger partial charge in [0, 0.05) is 17.5 Å². The lowest BCUT2D eigenvalue weighted by atomic mass is 9.69. The predicted octanol–water partition coefficient (Wildman–Crippen LogP) is 4.21. The third-order valence-corrected chi connectivity index (χ3v) is 7.64. The number of hydrogen-bond donors (Lipinski definition) is 1. The van der Waals surface area contributed by atoms with Crippen LogP contribution in [-0.2, 0) is 29.7 Å². The van der Waals surface area contributed by atoms with Crippen molar-refractivity contribution in [2.45, 2.75) is 57.3 Å². The molecule has 0 radical (unpaired) electrons. The summed E-state index contributed by atoms with van der Waals surface area (Å²) in [6.07, 6.45) is 1.62. The largest absolute Gasteiger partial charge is 0.350 e. The SMILES string of the molecule is CCSc1nn(CC(=O)NCc2ccccc2)c2nc3c(c(=O)n12)C(C)(CC)Cc1ccccc1-3. The number of aromatic nitrogens is 4. The zero-order chi connectivity index (χ0) is 24.6. The standard InChI is InChI=1S/C27H29N5O2S/c1-4-27(3)15-19-13-9-10-14-20(19)23-22(27)24(34)32-25(29-23)31(30-26(32)35-5-2)17-21(33)28-16-18-11-7-6-8-12-18/h6-14H,4-5,15-17H2,1-3H3,(H,28,33). The van der Waals surface area contributed by atoms with E-state index < -0.39 is 0 Å².